The largest absolute Gasteiger partial charge is 0.445 e. The van der Waals surface area contributed by atoms with Gasteiger partial charge in [0.15, 0.2) is 0 Å². The lowest BCUT2D eigenvalue weighted by Crippen LogP contribution is -2.64. The van der Waals surface area contributed by atoms with E-state index in [0.717, 1.165) is 12.0 Å². The molecule has 0 bridgehead atoms. The van der Waals surface area contributed by atoms with Crippen molar-refractivity contribution in [2.45, 2.75) is 76.9 Å². The molecule has 7 heteroatoms. The van der Waals surface area contributed by atoms with Crippen molar-refractivity contribution in [1.29, 1.82) is 0 Å². The minimum atomic E-state index is -1.32. The summed E-state index contributed by atoms with van der Waals surface area (Å²) >= 11 is 0. The maximum absolute atomic E-state index is 12.1. The van der Waals surface area contributed by atoms with Crippen molar-refractivity contribution in [2.24, 2.45) is 0 Å². The lowest BCUT2D eigenvalue weighted by atomic mass is 9.77. The number of carbonyl (C=O) groups is 2. The Hall–Kier alpha value is -2.28. The third-order valence-electron chi connectivity index (χ3n) is 4.59. The fourth-order valence-electron chi connectivity index (χ4n) is 3.15. The molecule has 3 atom stereocenters. The lowest BCUT2D eigenvalue weighted by Gasteiger charge is -2.43. The molecule has 0 aromatic heterocycles. The Morgan fingerprint density at radius 1 is 1.11 bits per heavy atom. The zero-order valence-electron chi connectivity index (χ0n) is 16.5. The molecule has 0 heterocycles. The standard InChI is InChI=1S/C20H30N2O5/c1-19(2,3)27-18(24)22-16-12-8-11-15(20(16,4)25)21-17(23)26-13-14-9-6-5-7-10-14/h5-7,9-10,15-16,25H,8,11-13H2,1-4H3,(H,21,23)(H,22,24)/t15-,16+,20?/m1/s1. The van der Waals surface area contributed by atoms with E-state index in [1.807, 2.05) is 30.3 Å². The van der Waals surface area contributed by atoms with Crippen molar-refractivity contribution >= 4 is 12.2 Å². The van der Waals surface area contributed by atoms with E-state index in [2.05, 4.69) is 10.6 Å². The van der Waals surface area contributed by atoms with Gasteiger partial charge in [-0.15, -0.1) is 0 Å². The Kier molecular flexibility index (Phi) is 6.70. The second-order valence-electron chi connectivity index (χ2n) is 8.11. The molecule has 1 aromatic rings. The fraction of sp³-hybridized carbons (Fsp3) is 0.600. The average molecular weight is 378 g/mol. The van der Waals surface area contributed by atoms with Crippen molar-refractivity contribution in [2.75, 3.05) is 0 Å². The molecule has 0 aliphatic heterocycles. The molecule has 7 nitrogen and oxygen atoms in total. The van der Waals surface area contributed by atoms with E-state index in [9.17, 15) is 14.7 Å². The highest BCUT2D eigenvalue weighted by atomic mass is 16.6. The molecule has 0 radical (unpaired) electrons. The van der Waals surface area contributed by atoms with E-state index in [1.165, 1.54) is 0 Å². The topological polar surface area (TPSA) is 96.9 Å². The molecule has 2 amide bonds. The maximum Gasteiger partial charge on any atom is 0.407 e. The summed E-state index contributed by atoms with van der Waals surface area (Å²) in [7, 11) is 0. The minimum Gasteiger partial charge on any atom is -0.445 e. The molecule has 2 rings (SSSR count). The number of alkyl carbamates (subject to hydrolysis) is 2. The molecule has 27 heavy (non-hydrogen) atoms. The Labute approximate surface area is 160 Å². The Morgan fingerprint density at radius 3 is 2.22 bits per heavy atom. The highest BCUT2D eigenvalue weighted by Gasteiger charge is 2.44. The molecule has 0 spiro atoms. The molecule has 150 valence electrons. The normalized spacial score (nSPS) is 25.4. The first-order valence-electron chi connectivity index (χ1n) is 9.27. The van der Waals surface area contributed by atoms with Crippen LogP contribution in [0.4, 0.5) is 9.59 Å². The van der Waals surface area contributed by atoms with Gasteiger partial charge in [0.25, 0.3) is 0 Å². The molecule has 1 unspecified atom stereocenters. The van der Waals surface area contributed by atoms with Gasteiger partial charge >= 0.3 is 12.2 Å². The number of hydrogen-bond donors (Lipinski definition) is 3. The summed E-state index contributed by atoms with van der Waals surface area (Å²) in [4.78, 5) is 24.2. The first kappa shape index (κ1) is 21.0. The van der Waals surface area contributed by atoms with Crippen LogP contribution in [0.1, 0.15) is 52.5 Å². The van der Waals surface area contributed by atoms with Crippen LogP contribution in [0.15, 0.2) is 30.3 Å². The van der Waals surface area contributed by atoms with Crippen LogP contribution in [0.2, 0.25) is 0 Å². The summed E-state index contributed by atoms with van der Waals surface area (Å²) in [5, 5.41) is 16.4. The summed E-state index contributed by atoms with van der Waals surface area (Å²) in [6, 6.07) is 8.30. The van der Waals surface area contributed by atoms with Crippen molar-refractivity contribution < 1.29 is 24.2 Å². The van der Waals surface area contributed by atoms with E-state index in [4.69, 9.17) is 9.47 Å². The monoisotopic (exact) mass is 378 g/mol. The number of benzene rings is 1. The van der Waals surface area contributed by atoms with Crippen LogP contribution >= 0.6 is 0 Å². The third-order valence-corrected chi connectivity index (χ3v) is 4.59. The number of hydrogen-bond acceptors (Lipinski definition) is 5. The Bertz CT molecular complexity index is 640. The molecular formula is C20H30N2O5. The van der Waals surface area contributed by atoms with Gasteiger partial charge < -0.3 is 25.2 Å². The number of aliphatic hydroxyl groups is 1. The highest BCUT2D eigenvalue weighted by molar-refractivity contribution is 5.69. The minimum absolute atomic E-state index is 0.154. The first-order valence-corrected chi connectivity index (χ1v) is 9.27. The van der Waals surface area contributed by atoms with Gasteiger partial charge in [0, 0.05) is 0 Å². The maximum atomic E-state index is 12.1. The van der Waals surface area contributed by atoms with Crippen molar-refractivity contribution in [3.05, 3.63) is 35.9 Å². The van der Waals surface area contributed by atoms with Crippen molar-refractivity contribution in [1.82, 2.24) is 10.6 Å². The van der Waals surface area contributed by atoms with Crippen LogP contribution < -0.4 is 10.6 Å². The summed E-state index contributed by atoms with van der Waals surface area (Å²) in [6.07, 6.45) is 0.769. The number of amides is 2. The summed E-state index contributed by atoms with van der Waals surface area (Å²) in [5.41, 5.74) is -1.06. The van der Waals surface area contributed by atoms with Gasteiger partial charge in [0.05, 0.1) is 12.1 Å². The predicted octanol–water partition coefficient (Wildman–Crippen LogP) is 3.11. The number of carbonyl (C=O) groups excluding carboxylic acids is 2. The van der Waals surface area contributed by atoms with Gasteiger partial charge in [-0.2, -0.15) is 0 Å². The van der Waals surface area contributed by atoms with Gasteiger partial charge in [-0.05, 0) is 52.5 Å². The SMILES string of the molecule is CC(C)(C)OC(=O)N[C@H]1CCC[C@@H](NC(=O)OCc2ccccc2)C1(C)O. The van der Waals surface area contributed by atoms with E-state index in [0.29, 0.717) is 12.8 Å². The van der Waals surface area contributed by atoms with Crippen LogP contribution in [0.3, 0.4) is 0 Å². The van der Waals surface area contributed by atoms with Crippen molar-refractivity contribution in [3.8, 4) is 0 Å². The molecule has 0 saturated heterocycles. The average Bonchev–Trinajstić information content (AvgIpc) is 2.56. The lowest BCUT2D eigenvalue weighted by molar-refractivity contribution is -0.0415. The zero-order valence-corrected chi connectivity index (χ0v) is 16.5. The van der Waals surface area contributed by atoms with Gasteiger partial charge in [-0.25, -0.2) is 9.59 Å². The second kappa shape index (κ2) is 8.61. The molecular weight excluding hydrogens is 348 g/mol. The quantitative estimate of drug-likeness (QED) is 0.748. The Morgan fingerprint density at radius 2 is 1.67 bits per heavy atom. The van der Waals surface area contributed by atoms with Gasteiger partial charge in [0.2, 0.25) is 0 Å². The molecule has 1 aliphatic carbocycles. The summed E-state index contributed by atoms with van der Waals surface area (Å²) < 4.78 is 10.5. The molecule has 3 N–H and O–H groups in total. The molecule has 1 saturated carbocycles. The fourth-order valence-corrected chi connectivity index (χ4v) is 3.15. The first-order chi connectivity index (χ1) is 12.6. The van der Waals surface area contributed by atoms with Crippen LogP contribution in [-0.2, 0) is 16.1 Å². The van der Waals surface area contributed by atoms with Gasteiger partial charge in [-0.1, -0.05) is 30.3 Å². The number of nitrogens with one attached hydrogen (secondary N) is 2. The third kappa shape index (κ3) is 6.43. The van der Waals surface area contributed by atoms with Crippen LogP contribution in [0.5, 0.6) is 0 Å². The summed E-state index contributed by atoms with van der Waals surface area (Å²) in [5.74, 6) is 0. The van der Waals surface area contributed by atoms with Crippen LogP contribution in [0.25, 0.3) is 0 Å². The molecule has 1 fully saturated rings. The smallest absolute Gasteiger partial charge is 0.407 e. The van der Waals surface area contributed by atoms with E-state index >= 15 is 0 Å². The second-order valence-corrected chi connectivity index (χ2v) is 8.11. The Balaban J connectivity index is 1.90. The van der Waals surface area contributed by atoms with Gasteiger partial charge in [-0.3, -0.25) is 0 Å². The highest BCUT2D eigenvalue weighted by Crippen LogP contribution is 2.29. The van der Waals surface area contributed by atoms with Gasteiger partial charge in [0.1, 0.15) is 17.8 Å². The zero-order chi connectivity index (χ0) is 20.1. The van der Waals surface area contributed by atoms with Crippen LogP contribution in [-0.4, -0.2) is 40.6 Å². The van der Waals surface area contributed by atoms with E-state index in [-0.39, 0.29) is 6.61 Å². The molecule has 1 aliphatic rings. The van der Waals surface area contributed by atoms with E-state index < -0.39 is 35.5 Å². The molecule has 1 aromatic carbocycles. The number of ether oxygens (including phenoxy) is 2. The van der Waals surface area contributed by atoms with Crippen LogP contribution in [0, 0.1) is 0 Å². The summed E-state index contributed by atoms with van der Waals surface area (Å²) in [6.45, 7) is 7.09. The number of rotatable bonds is 4. The van der Waals surface area contributed by atoms with Crippen molar-refractivity contribution in [3.63, 3.8) is 0 Å². The van der Waals surface area contributed by atoms with E-state index in [1.54, 1.807) is 27.7 Å². The predicted molar refractivity (Wildman–Crippen MR) is 101 cm³/mol.